The predicted octanol–water partition coefficient (Wildman–Crippen LogP) is 1.90. The Morgan fingerprint density at radius 3 is 2.15 bits per heavy atom. The molecule has 2 N–H and O–H groups in total. The second-order valence-corrected chi connectivity index (χ2v) is 5.79. The van der Waals surface area contributed by atoms with E-state index in [0.29, 0.717) is 0 Å². The van der Waals surface area contributed by atoms with Crippen molar-refractivity contribution in [1.29, 1.82) is 0 Å². The van der Waals surface area contributed by atoms with Gasteiger partial charge in [0.2, 0.25) is 0 Å². The van der Waals surface area contributed by atoms with Crippen molar-refractivity contribution in [1.82, 2.24) is 0 Å². The maximum absolute atomic E-state index is 13.0. The molecule has 7 nitrogen and oxygen atoms in total. The quantitative estimate of drug-likeness (QED) is 0.856. The normalized spacial score (nSPS) is 20.5. The van der Waals surface area contributed by atoms with Crippen molar-refractivity contribution in [3.8, 4) is 0 Å². The van der Waals surface area contributed by atoms with Crippen molar-refractivity contribution in [3.05, 3.63) is 71.8 Å². The van der Waals surface area contributed by atoms with Crippen LogP contribution in [-0.2, 0) is 9.53 Å². The van der Waals surface area contributed by atoms with E-state index in [-0.39, 0.29) is 11.5 Å². The molecule has 1 unspecified atom stereocenters. The van der Waals surface area contributed by atoms with Gasteiger partial charge >= 0.3 is 5.97 Å². The van der Waals surface area contributed by atoms with Gasteiger partial charge in [-0.25, -0.2) is 24.8 Å². The zero-order chi connectivity index (χ0) is 18.0. The standard InChI is InChI=1S/C19H15N5O2/c20-19(16-17(22-11-21-16)23-12-24-19)18(25)26-15(13-7-3-1-4-8-13)14-9-5-2-6-10-14/h1-12,15H,20H2. The van der Waals surface area contributed by atoms with Crippen LogP contribution in [0.15, 0.2) is 80.6 Å². The van der Waals surface area contributed by atoms with Crippen molar-refractivity contribution in [2.75, 3.05) is 0 Å². The Labute approximate surface area is 149 Å². The van der Waals surface area contributed by atoms with Crippen LogP contribution in [0.25, 0.3) is 0 Å². The second-order valence-electron chi connectivity index (χ2n) is 5.79. The van der Waals surface area contributed by atoms with Crippen LogP contribution >= 0.6 is 0 Å². The third-order valence-corrected chi connectivity index (χ3v) is 4.12. The molecular weight excluding hydrogens is 330 g/mol. The van der Waals surface area contributed by atoms with Crippen molar-refractivity contribution >= 4 is 30.2 Å². The van der Waals surface area contributed by atoms with Crippen LogP contribution in [0, 0.1) is 0 Å². The fourth-order valence-electron chi connectivity index (χ4n) is 2.79. The van der Waals surface area contributed by atoms with Crippen LogP contribution < -0.4 is 5.73 Å². The van der Waals surface area contributed by atoms with Crippen molar-refractivity contribution in [2.24, 2.45) is 25.7 Å². The molecule has 0 radical (unpaired) electrons. The fraction of sp³-hybridized carbons (Fsp3) is 0.105. The lowest BCUT2D eigenvalue weighted by Crippen LogP contribution is -2.57. The first-order chi connectivity index (χ1) is 12.7. The Morgan fingerprint density at radius 1 is 0.923 bits per heavy atom. The summed E-state index contributed by atoms with van der Waals surface area (Å²) in [5, 5.41) is 0. The molecule has 0 spiro atoms. The number of hydrogen-bond acceptors (Lipinski definition) is 7. The van der Waals surface area contributed by atoms with Crippen LogP contribution in [0.4, 0.5) is 0 Å². The van der Waals surface area contributed by atoms with Crippen LogP contribution in [0.5, 0.6) is 0 Å². The molecule has 7 heteroatoms. The molecule has 1 atom stereocenters. The van der Waals surface area contributed by atoms with Crippen molar-refractivity contribution in [3.63, 3.8) is 0 Å². The van der Waals surface area contributed by atoms with Gasteiger partial charge in [0.25, 0.3) is 5.66 Å². The summed E-state index contributed by atoms with van der Waals surface area (Å²) in [6, 6.07) is 18.9. The van der Waals surface area contributed by atoms with Gasteiger partial charge in [-0.3, -0.25) is 5.73 Å². The van der Waals surface area contributed by atoms with Gasteiger partial charge in [-0.1, -0.05) is 60.7 Å². The van der Waals surface area contributed by atoms with Gasteiger partial charge in [0, 0.05) is 0 Å². The van der Waals surface area contributed by atoms with Gasteiger partial charge in [0.15, 0.2) is 11.9 Å². The molecule has 4 rings (SSSR count). The van der Waals surface area contributed by atoms with E-state index in [1.807, 2.05) is 60.7 Å². The number of nitrogens with two attached hydrogens (primary N) is 1. The molecular formula is C19H15N5O2. The van der Waals surface area contributed by atoms with Gasteiger partial charge in [-0.15, -0.1) is 0 Å². The third-order valence-electron chi connectivity index (χ3n) is 4.12. The number of aliphatic imine (C=N–C) groups is 4. The number of esters is 1. The molecule has 0 aromatic heterocycles. The van der Waals surface area contributed by atoms with Gasteiger partial charge < -0.3 is 4.74 Å². The minimum absolute atomic E-state index is 0.185. The molecule has 26 heavy (non-hydrogen) atoms. The molecule has 2 aromatic rings. The van der Waals surface area contributed by atoms with E-state index in [2.05, 4.69) is 20.0 Å². The van der Waals surface area contributed by atoms with E-state index in [4.69, 9.17) is 10.5 Å². The van der Waals surface area contributed by atoms with Gasteiger partial charge in [-0.05, 0) is 11.1 Å². The van der Waals surface area contributed by atoms with E-state index >= 15 is 0 Å². The van der Waals surface area contributed by atoms with E-state index in [0.717, 1.165) is 11.1 Å². The van der Waals surface area contributed by atoms with Crippen molar-refractivity contribution in [2.45, 2.75) is 11.8 Å². The Hall–Kier alpha value is -3.45. The minimum atomic E-state index is -1.77. The fourth-order valence-corrected chi connectivity index (χ4v) is 2.79. The molecule has 2 aliphatic heterocycles. The number of nitrogens with zero attached hydrogens (tertiary/aromatic N) is 4. The number of carbonyl (C=O) groups is 1. The highest BCUT2D eigenvalue weighted by Crippen LogP contribution is 2.28. The zero-order valence-corrected chi connectivity index (χ0v) is 13.7. The number of ether oxygens (including phenoxy) is 1. The van der Waals surface area contributed by atoms with E-state index in [1.165, 1.54) is 12.7 Å². The van der Waals surface area contributed by atoms with Gasteiger partial charge in [0.1, 0.15) is 18.4 Å². The van der Waals surface area contributed by atoms with Gasteiger partial charge in [0.05, 0.1) is 0 Å². The Balaban J connectivity index is 1.67. The number of amidine groups is 1. The SMILES string of the molecule is NC1(C(=O)OC(c2ccccc2)c2ccccc2)N=CN=C2N=CN=C21. The summed E-state index contributed by atoms with van der Waals surface area (Å²) in [5.74, 6) is -0.446. The topological polar surface area (TPSA) is 102 Å². The summed E-state index contributed by atoms with van der Waals surface area (Å²) in [4.78, 5) is 29.0. The lowest BCUT2D eigenvalue weighted by molar-refractivity contribution is -0.151. The molecule has 2 heterocycles. The minimum Gasteiger partial charge on any atom is -0.449 e. The molecule has 0 bridgehead atoms. The average molecular weight is 345 g/mol. The van der Waals surface area contributed by atoms with E-state index < -0.39 is 17.7 Å². The summed E-state index contributed by atoms with van der Waals surface area (Å²) in [7, 11) is 0. The van der Waals surface area contributed by atoms with Crippen LogP contribution in [-0.4, -0.2) is 35.9 Å². The number of fused-ring (bicyclic) bond motifs is 1. The number of benzene rings is 2. The molecule has 0 fully saturated rings. The maximum atomic E-state index is 13.0. The lowest BCUT2D eigenvalue weighted by atomic mass is 10.00. The first-order valence-electron chi connectivity index (χ1n) is 8.01. The summed E-state index contributed by atoms with van der Waals surface area (Å²) < 4.78 is 5.80. The molecule has 128 valence electrons. The Kier molecular flexibility index (Phi) is 3.98. The molecule has 0 aliphatic carbocycles. The number of hydrogen-bond donors (Lipinski definition) is 1. The number of carbonyl (C=O) groups excluding carboxylic acids is 1. The second kappa shape index (κ2) is 6.45. The lowest BCUT2D eigenvalue weighted by Gasteiger charge is -2.27. The highest BCUT2D eigenvalue weighted by atomic mass is 16.5. The Bertz CT molecular complexity index is 911. The maximum Gasteiger partial charge on any atom is 0.356 e. The summed E-state index contributed by atoms with van der Waals surface area (Å²) in [6.07, 6.45) is 1.88. The van der Waals surface area contributed by atoms with Crippen molar-refractivity contribution < 1.29 is 9.53 Å². The monoisotopic (exact) mass is 345 g/mol. The first kappa shape index (κ1) is 16.0. The first-order valence-corrected chi connectivity index (χ1v) is 8.01. The molecule has 0 saturated heterocycles. The molecule has 0 amide bonds. The zero-order valence-electron chi connectivity index (χ0n) is 13.7. The van der Waals surface area contributed by atoms with Crippen LogP contribution in [0.1, 0.15) is 17.2 Å². The Morgan fingerprint density at radius 2 is 1.54 bits per heavy atom. The van der Waals surface area contributed by atoms with E-state index in [1.54, 1.807) is 0 Å². The largest absolute Gasteiger partial charge is 0.449 e. The summed E-state index contributed by atoms with van der Waals surface area (Å²) >= 11 is 0. The smallest absolute Gasteiger partial charge is 0.356 e. The van der Waals surface area contributed by atoms with Crippen LogP contribution in [0.2, 0.25) is 0 Å². The number of rotatable bonds is 4. The highest BCUT2D eigenvalue weighted by molar-refractivity contribution is 6.53. The highest BCUT2D eigenvalue weighted by Gasteiger charge is 2.47. The molecule has 2 aromatic carbocycles. The summed E-state index contributed by atoms with van der Waals surface area (Å²) in [6.45, 7) is 0. The third kappa shape index (κ3) is 2.74. The van der Waals surface area contributed by atoms with E-state index in [9.17, 15) is 4.79 Å². The predicted molar refractivity (Wildman–Crippen MR) is 99.6 cm³/mol. The van der Waals surface area contributed by atoms with Crippen LogP contribution in [0.3, 0.4) is 0 Å². The summed E-state index contributed by atoms with van der Waals surface area (Å²) in [5.41, 5.74) is 6.30. The van der Waals surface area contributed by atoms with Gasteiger partial charge in [-0.2, -0.15) is 0 Å². The molecule has 2 aliphatic rings. The average Bonchev–Trinajstić information content (AvgIpc) is 3.18. The molecule has 0 saturated carbocycles.